The number of hydrogen-bond acceptors (Lipinski definition) is 7. The van der Waals surface area contributed by atoms with Gasteiger partial charge in [-0.3, -0.25) is 9.59 Å². The normalized spacial score (nSPS) is 28.3. The number of cyclic esters (lactones) is 1. The van der Waals surface area contributed by atoms with Crippen LogP contribution in [0.2, 0.25) is 0 Å². The second-order valence-corrected chi connectivity index (χ2v) is 8.47. The minimum atomic E-state index is -1.40. The molecule has 2 aromatic rings. The van der Waals surface area contributed by atoms with Crippen LogP contribution >= 0.6 is 0 Å². The largest absolute Gasteiger partial charge is 0.464 e. The number of nitrogens with one attached hydrogen (secondary N) is 1. The maximum Gasteiger partial charge on any atom is 0.338 e. The first-order valence-corrected chi connectivity index (χ1v) is 10.5. The van der Waals surface area contributed by atoms with E-state index in [1.165, 1.54) is 6.33 Å². The molecule has 3 heterocycles. The lowest BCUT2D eigenvalue weighted by molar-refractivity contribution is -0.785. The first-order valence-electron chi connectivity index (χ1n) is 10.5. The van der Waals surface area contributed by atoms with Crippen LogP contribution in [0.1, 0.15) is 30.5 Å². The van der Waals surface area contributed by atoms with Crippen LogP contribution in [0.4, 0.5) is 0 Å². The van der Waals surface area contributed by atoms with Gasteiger partial charge < -0.3 is 21.2 Å². The Morgan fingerprint density at radius 1 is 1.28 bits per heavy atom. The molecule has 32 heavy (non-hydrogen) atoms. The van der Waals surface area contributed by atoms with Crippen molar-refractivity contribution in [2.45, 2.75) is 43.2 Å². The molecule has 0 aliphatic carbocycles. The Morgan fingerprint density at radius 3 is 2.62 bits per heavy atom. The number of quaternary nitrogens is 1. The topological polar surface area (TPSA) is 158 Å². The van der Waals surface area contributed by atoms with Crippen molar-refractivity contribution < 1.29 is 28.4 Å². The lowest BCUT2D eigenvalue weighted by Crippen LogP contribution is -2.71. The molecule has 2 saturated heterocycles. The molecular formula is C22H26N5O5+. The van der Waals surface area contributed by atoms with Crippen LogP contribution in [0.3, 0.4) is 0 Å². The number of primary amides is 1. The van der Waals surface area contributed by atoms with Crippen LogP contribution in [0.15, 0.2) is 42.9 Å². The minimum Gasteiger partial charge on any atom is -0.464 e. The molecule has 168 valence electrons. The summed E-state index contributed by atoms with van der Waals surface area (Å²) >= 11 is 0. The van der Waals surface area contributed by atoms with E-state index in [1.54, 1.807) is 36.5 Å². The van der Waals surface area contributed by atoms with E-state index in [4.69, 9.17) is 16.2 Å². The predicted molar refractivity (Wildman–Crippen MR) is 111 cm³/mol. The van der Waals surface area contributed by atoms with Crippen molar-refractivity contribution in [2.75, 3.05) is 13.2 Å². The van der Waals surface area contributed by atoms with Gasteiger partial charge >= 0.3 is 17.8 Å². The molecule has 0 radical (unpaired) electrons. The van der Waals surface area contributed by atoms with Gasteiger partial charge in [0.2, 0.25) is 0 Å². The molecule has 5 N–H and O–H groups in total. The number of aromatic nitrogens is 2. The fourth-order valence-electron chi connectivity index (χ4n) is 5.03. The molecule has 0 bridgehead atoms. The van der Waals surface area contributed by atoms with Crippen LogP contribution < -0.4 is 11.5 Å². The maximum atomic E-state index is 14.3. The molecule has 3 amide bonds. The molecule has 1 aromatic heterocycles. The highest BCUT2D eigenvalue weighted by atomic mass is 16.5. The first-order chi connectivity index (χ1) is 15.3. The van der Waals surface area contributed by atoms with Crippen LogP contribution in [-0.2, 0) is 35.8 Å². The number of likely N-dealkylation sites (tertiary alicyclic amines) is 1. The van der Waals surface area contributed by atoms with Gasteiger partial charge in [-0.1, -0.05) is 30.3 Å². The number of imide groups is 1. The monoisotopic (exact) mass is 440 g/mol. The number of rotatable bonds is 6. The lowest BCUT2D eigenvalue weighted by atomic mass is 9.77. The molecule has 0 saturated carbocycles. The van der Waals surface area contributed by atoms with Gasteiger partial charge in [0.15, 0.2) is 11.5 Å². The second-order valence-electron chi connectivity index (χ2n) is 8.47. The second kappa shape index (κ2) is 8.29. The van der Waals surface area contributed by atoms with Crippen molar-refractivity contribution in [3.63, 3.8) is 0 Å². The molecule has 2 unspecified atom stereocenters. The third kappa shape index (κ3) is 3.41. The maximum absolute atomic E-state index is 14.3. The van der Waals surface area contributed by atoms with E-state index in [0.717, 1.165) is 0 Å². The Kier molecular flexibility index (Phi) is 5.66. The molecule has 2 aliphatic heterocycles. The van der Waals surface area contributed by atoms with E-state index >= 15 is 0 Å². The van der Waals surface area contributed by atoms with Crippen molar-refractivity contribution in [3.8, 4) is 0 Å². The van der Waals surface area contributed by atoms with Crippen molar-refractivity contribution in [2.24, 2.45) is 11.5 Å². The summed E-state index contributed by atoms with van der Waals surface area (Å²) in [4.78, 5) is 59.6. The number of ether oxygens (including phenoxy) is 1. The molecule has 4 atom stereocenters. The van der Waals surface area contributed by atoms with E-state index in [0.29, 0.717) is 17.7 Å². The molecule has 4 rings (SSSR count). The number of imidazole rings is 1. The summed E-state index contributed by atoms with van der Waals surface area (Å²) in [6.45, 7) is -0.117. The van der Waals surface area contributed by atoms with Gasteiger partial charge in [-0.25, -0.2) is 14.6 Å². The van der Waals surface area contributed by atoms with E-state index in [2.05, 4.69) is 9.97 Å². The van der Waals surface area contributed by atoms with Crippen LogP contribution in [0.25, 0.3) is 0 Å². The number of nitrogens with two attached hydrogens (primary N) is 2. The van der Waals surface area contributed by atoms with Gasteiger partial charge in [0.25, 0.3) is 5.91 Å². The number of carbonyl (C=O) groups is 4. The van der Waals surface area contributed by atoms with E-state index in [1.807, 2.05) is 0 Å². The first kappa shape index (κ1) is 21.8. The van der Waals surface area contributed by atoms with E-state index < -0.39 is 45.7 Å². The fraction of sp³-hybridized carbons (Fsp3) is 0.409. The van der Waals surface area contributed by atoms with Gasteiger partial charge in [0, 0.05) is 31.2 Å². The number of benzene rings is 1. The van der Waals surface area contributed by atoms with Gasteiger partial charge in [-0.15, -0.1) is 0 Å². The zero-order chi connectivity index (χ0) is 22.9. The molecule has 1 aromatic carbocycles. The van der Waals surface area contributed by atoms with Crippen LogP contribution in [0.5, 0.6) is 0 Å². The zero-order valence-electron chi connectivity index (χ0n) is 17.5. The lowest BCUT2D eigenvalue weighted by Gasteiger charge is -2.40. The highest BCUT2D eigenvalue weighted by molar-refractivity contribution is 5.99. The number of nitrogens with zero attached hydrogens (tertiary/aromatic N) is 2. The molecule has 2 aliphatic rings. The summed E-state index contributed by atoms with van der Waals surface area (Å²) in [6, 6.07) is 6.60. The zero-order valence-corrected chi connectivity index (χ0v) is 17.5. The summed E-state index contributed by atoms with van der Waals surface area (Å²) in [5.74, 6) is -2.45. The Balaban J connectivity index is 1.81. The van der Waals surface area contributed by atoms with Crippen LogP contribution in [-0.4, -0.2) is 63.4 Å². The molecular weight excluding hydrogens is 414 g/mol. The summed E-state index contributed by atoms with van der Waals surface area (Å²) in [5.41, 5.74) is 11.7. The highest BCUT2D eigenvalue weighted by Crippen LogP contribution is 2.42. The predicted octanol–water partition coefficient (Wildman–Crippen LogP) is -0.318. The average Bonchev–Trinajstić information content (AvgIpc) is 3.54. The van der Waals surface area contributed by atoms with Gasteiger partial charge in [-0.05, 0) is 5.56 Å². The Hall–Kier alpha value is -3.37. The van der Waals surface area contributed by atoms with Crippen molar-refractivity contribution >= 4 is 23.7 Å². The Morgan fingerprint density at radius 2 is 2.03 bits per heavy atom. The summed E-state index contributed by atoms with van der Waals surface area (Å²) in [6.07, 6.45) is 3.64. The Bertz CT molecular complexity index is 1040. The van der Waals surface area contributed by atoms with Crippen LogP contribution in [0, 0.1) is 0 Å². The molecule has 10 heteroatoms. The number of aromatic amines is 1. The highest BCUT2D eigenvalue weighted by Gasteiger charge is 2.66. The number of amides is 3. The van der Waals surface area contributed by atoms with E-state index in [9.17, 15) is 19.2 Å². The van der Waals surface area contributed by atoms with Gasteiger partial charge in [0.05, 0.1) is 19.3 Å². The van der Waals surface area contributed by atoms with Gasteiger partial charge in [0.1, 0.15) is 12.6 Å². The van der Waals surface area contributed by atoms with E-state index in [-0.39, 0.29) is 32.4 Å². The number of H-pyrrole nitrogens is 1. The Labute approximate surface area is 184 Å². The third-order valence-electron chi connectivity index (χ3n) is 6.58. The van der Waals surface area contributed by atoms with Gasteiger partial charge in [-0.2, -0.15) is 4.48 Å². The fourth-order valence-corrected chi connectivity index (χ4v) is 5.03. The third-order valence-corrected chi connectivity index (χ3v) is 6.58. The quantitative estimate of drug-likeness (QED) is 0.410. The molecule has 2 fully saturated rings. The number of esters is 1. The van der Waals surface area contributed by atoms with Crippen molar-refractivity contribution in [1.29, 1.82) is 0 Å². The number of hydrogen-bond donors (Lipinski definition) is 3. The smallest absolute Gasteiger partial charge is 0.338 e. The minimum absolute atomic E-state index is 0.0880. The molecule has 0 spiro atoms. The summed E-state index contributed by atoms with van der Waals surface area (Å²) in [5, 5.41) is 0. The summed E-state index contributed by atoms with van der Waals surface area (Å²) < 4.78 is 4.42. The SMILES string of the molecule is NC(=O)[C@@H]1CCC[N+]1(C(=O)[C@@H](N)Cc1cnc[nH]1)C(=O)C1(c2ccccc2)COC(=O)C1. The molecule has 10 nitrogen and oxygen atoms in total. The van der Waals surface area contributed by atoms with Crippen molar-refractivity contribution in [3.05, 3.63) is 54.1 Å². The summed E-state index contributed by atoms with van der Waals surface area (Å²) in [7, 11) is 0. The van der Waals surface area contributed by atoms with Crippen molar-refractivity contribution in [1.82, 2.24) is 9.97 Å². The standard InChI is InChI=1S/C22H25N5O5/c23-16(9-15-11-25-13-26-15)20(30)27(8-4-7-17(27)19(24)29)21(31)22(10-18(28)32-12-22)14-5-2-1-3-6-14/h1-3,5-6,11,13,16-17H,4,7-10,12,23H2,(H2-,24,25,26,29)/p+1/t16-,17-,22?,27?/m0/s1. The number of carbonyl (C=O) groups excluding carboxylic acids is 4. The average molecular weight is 440 g/mol.